The summed E-state index contributed by atoms with van der Waals surface area (Å²) in [5, 5.41) is 3.73. The van der Waals surface area contributed by atoms with Crippen LogP contribution in [0.4, 0.5) is 0 Å². The SMILES string of the molecule is CCCNC(c1cncc(OC)c1)C1CCC(C)CC1. The van der Waals surface area contributed by atoms with E-state index in [1.54, 1.807) is 13.3 Å². The molecule has 1 heterocycles. The molecule has 0 spiro atoms. The van der Waals surface area contributed by atoms with Crippen molar-refractivity contribution in [1.82, 2.24) is 10.3 Å². The van der Waals surface area contributed by atoms with Crippen LogP contribution in [0.1, 0.15) is 57.6 Å². The first-order chi connectivity index (χ1) is 9.74. The highest BCUT2D eigenvalue weighted by Crippen LogP contribution is 2.37. The number of hydrogen-bond donors (Lipinski definition) is 1. The Balaban J connectivity index is 2.13. The summed E-state index contributed by atoms with van der Waals surface area (Å²) in [6.45, 7) is 5.66. The number of nitrogens with zero attached hydrogens (tertiary/aromatic N) is 1. The third-order valence-corrected chi connectivity index (χ3v) is 4.48. The molecule has 1 aromatic rings. The molecule has 0 radical (unpaired) electrons. The molecule has 0 amide bonds. The zero-order valence-electron chi connectivity index (χ0n) is 13.1. The summed E-state index contributed by atoms with van der Waals surface area (Å²) in [5.41, 5.74) is 1.28. The van der Waals surface area contributed by atoms with Crippen LogP contribution in [0, 0.1) is 11.8 Å². The molecule has 1 unspecified atom stereocenters. The Morgan fingerprint density at radius 2 is 2.05 bits per heavy atom. The molecule has 1 aliphatic carbocycles. The monoisotopic (exact) mass is 276 g/mol. The van der Waals surface area contributed by atoms with Crippen LogP contribution in [0.3, 0.4) is 0 Å². The van der Waals surface area contributed by atoms with Crippen LogP contribution in [-0.2, 0) is 0 Å². The van der Waals surface area contributed by atoms with Gasteiger partial charge in [-0.1, -0.05) is 26.7 Å². The summed E-state index contributed by atoms with van der Waals surface area (Å²) in [6, 6.07) is 2.56. The Morgan fingerprint density at radius 3 is 2.70 bits per heavy atom. The summed E-state index contributed by atoms with van der Waals surface area (Å²) in [7, 11) is 1.71. The Bertz CT molecular complexity index is 400. The van der Waals surface area contributed by atoms with E-state index in [4.69, 9.17) is 4.74 Å². The van der Waals surface area contributed by atoms with E-state index in [2.05, 4.69) is 30.2 Å². The number of methoxy groups -OCH3 is 1. The second-order valence-electron chi connectivity index (χ2n) is 6.11. The lowest BCUT2D eigenvalue weighted by molar-refractivity contribution is 0.231. The van der Waals surface area contributed by atoms with Gasteiger partial charge >= 0.3 is 0 Å². The topological polar surface area (TPSA) is 34.2 Å². The number of aromatic nitrogens is 1. The van der Waals surface area contributed by atoms with Crippen LogP contribution in [-0.4, -0.2) is 18.6 Å². The van der Waals surface area contributed by atoms with E-state index in [0.717, 1.165) is 30.6 Å². The van der Waals surface area contributed by atoms with Crippen molar-refractivity contribution in [3.8, 4) is 5.75 Å². The van der Waals surface area contributed by atoms with E-state index in [-0.39, 0.29) is 0 Å². The third-order valence-electron chi connectivity index (χ3n) is 4.48. The summed E-state index contributed by atoms with van der Waals surface area (Å²) in [6.07, 6.45) is 10.3. The predicted molar refractivity (Wildman–Crippen MR) is 82.9 cm³/mol. The van der Waals surface area contributed by atoms with Gasteiger partial charge in [-0.15, -0.1) is 0 Å². The lowest BCUT2D eigenvalue weighted by atomic mass is 9.77. The third kappa shape index (κ3) is 3.95. The van der Waals surface area contributed by atoms with E-state index in [9.17, 15) is 0 Å². The molecule has 112 valence electrons. The van der Waals surface area contributed by atoms with Crippen molar-refractivity contribution in [1.29, 1.82) is 0 Å². The Labute approximate surface area is 123 Å². The molecule has 1 atom stereocenters. The molecule has 1 saturated carbocycles. The van der Waals surface area contributed by atoms with Gasteiger partial charge in [-0.3, -0.25) is 4.98 Å². The number of nitrogens with one attached hydrogen (secondary N) is 1. The fraction of sp³-hybridized carbons (Fsp3) is 0.706. The van der Waals surface area contributed by atoms with Gasteiger partial charge in [0.25, 0.3) is 0 Å². The molecular weight excluding hydrogens is 248 g/mol. The minimum atomic E-state index is 0.421. The first-order valence-corrected chi connectivity index (χ1v) is 7.97. The molecule has 3 nitrogen and oxygen atoms in total. The summed E-state index contributed by atoms with van der Waals surface area (Å²) in [4.78, 5) is 4.33. The lowest BCUT2D eigenvalue weighted by Crippen LogP contribution is -2.31. The number of rotatable bonds is 6. The van der Waals surface area contributed by atoms with Gasteiger partial charge in [0.05, 0.1) is 13.3 Å². The van der Waals surface area contributed by atoms with Crippen molar-refractivity contribution in [3.05, 3.63) is 24.0 Å². The summed E-state index contributed by atoms with van der Waals surface area (Å²) in [5.74, 6) is 2.48. The fourth-order valence-corrected chi connectivity index (χ4v) is 3.19. The van der Waals surface area contributed by atoms with Gasteiger partial charge < -0.3 is 10.1 Å². The Morgan fingerprint density at radius 1 is 1.30 bits per heavy atom. The molecule has 1 N–H and O–H groups in total. The van der Waals surface area contributed by atoms with Gasteiger partial charge in [0.2, 0.25) is 0 Å². The van der Waals surface area contributed by atoms with Gasteiger partial charge in [-0.05, 0) is 49.3 Å². The highest BCUT2D eigenvalue weighted by Gasteiger charge is 2.27. The smallest absolute Gasteiger partial charge is 0.137 e. The van der Waals surface area contributed by atoms with Crippen molar-refractivity contribution in [2.75, 3.05) is 13.7 Å². The maximum Gasteiger partial charge on any atom is 0.137 e. The highest BCUT2D eigenvalue weighted by molar-refractivity contribution is 5.26. The molecule has 2 rings (SSSR count). The molecule has 1 aliphatic rings. The molecule has 0 aromatic carbocycles. The molecule has 1 fully saturated rings. The second-order valence-corrected chi connectivity index (χ2v) is 6.11. The number of ether oxygens (including phenoxy) is 1. The quantitative estimate of drug-likeness (QED) is 0.854. The van der Waals surface area contributed by atoms with Crippen LogP contribution in [0.2, 0.25) is 0 Å². The van der Waals surface area contributed by atoms with Crippen molar-refractivity contribution in [2.24, 2.45) is 11.8 Å². The zero-order chi connectivity index (χ0) is 14.4. The van der Waals surface area contributed by atoms with Crippen LogP contribution in [0.25, 0.3) is 0 Å². The van der Waals surface area contributed by atoms with Crippen molar-refractivity contribution < 1.29 is 4.74 Å². The zero-order valence-corrected chi connectivity index (χ0v) is 13.1. The minimum Gasteiger partial charge on any atom is -0.495 e. The second kappa shape index (κ2) is 7.63. The number of hydrogen-bond acceptors (Lipinski definition) is 3. The van der Waals surface area contributed by atoms with Crippen LogP contribution in [0.5, 0.6) is 5.75 Å². The van der Waals surface area contributed by atoms with E-state index < -0.39 is 0 Å². The van der Waals surface area contributed by atoms with E-state index in [0.29, 0.717) is 6.04 Å². The standard InChI is InChI=1S/C17H28N2O/c1-4-9-19-17(14-7-5-13(2)6-8-14)15-10-16(20-3)12-18-11-15/h10-14,17,19H,4-9H2,1-3H3. The molecule has 0 aliphatic heterocycles. The molecule has 0 bridgehead atoms. The summed E-state index contributed by atoms with van der Waals surface area (Å²) < 4.78 is 5.32. The van der Waals surface area contributed by atoms with E-state index in [1.165, 1.54) is 31.2 Å². The number of pyridine rings is 1. The normalized spacial score (nSPS) is 24.4. The minimum absolute atomic E-state index is 0.421. The highest BCUT2D eigenvalue weighted by atomic mass is 16.5. The first kappa shape index (κ1) is 15.3. The van der Waals surface area contributed by atoms with Gasteiger partial charge in [-0.2, -0.15) is 0 Å². The van der Waals surface area contributed by atoms with Crippen molar-refractivity contribution >= 4 is 0 Å². The Kier molecular flexibility index (Phi) is 5.84. The summed E-state index contributed by atoms with van der Waals surface area (Å²) >= 11 is 0. The average molecular weight is 276 g/mol. The molecular formula is C17H28N2O. The largest absolute Gasteiger partial charge is 0.495 e. The first-order valence-electron chi connectivity index (χ1n) is 7.97. The van der Waals surface area contributed by atoms with Crippen molar-refractivity contribution in [3.63, 3.8) is 0 Å². The van der Waals surface area contributed by atoms with Crippen molar-refractivity contribution in [2.45, 2.75) is 52.0 Å². The lowest BCUT2D eigenvalue weighted by Gasteiger charge is -2.33. The van der Waals surface area contributed by atoms with Crippen LogP contribution in [0.15, 0.2) is 18.5 Å². The van der Waals surface area contributed by atoms with Crippen LogP contribution < -0.4 is 10.1 Å². The van der Waals surface area contributed by atoms with Crippen LogP contribution >= 0.6 is 0 Å². The molecule has 0 saturated heterocycles. The van der Waals surface area contributed by atoms with E-state index in [1.807, 2.05) is 6.20 Å². The Hall–Kier alpha value is -1.09. The molecule has 3 heteroatoms. The van der Waals surface area contributed by atoms with Gasteiger partial charge in [0, 0.05) is 12.2 Å². The van der Waals surface area contributed by atoms with Gasteiger partial charge in [0.1, 0.15) is 5.75 Å². The maximum absolute atomic E-state index is 5.32. The van der Waals surface area contributed by atoms with E-state index >= 15 is 0 Å². The van der Waals surface area contributed by atoms with Gasteiger partial charge in [-0.25, -0.2) is 0 Å². The predicted octanol–water partition coefficient (Wildman–Crippen LogP) is 3.96. The fourth-order valence-electron chi connectivity index (χ4n) is 3.19. The average Bonchev–Trinajstić information content (AvgIpc) is 2.49. The molecule has 20 heavy (non-hydrogen) atoms. The maximum atomic E-state index is 5.32. The van der Waals surface area contributed by atoms with Gasteiger partial charge in [0.15, 0.2) is 0 Å². The molecule has 1 aromatic heterocycles.